The molecule has 4 bridgehead atoms. The summed E-state index contributed by atoms with van der Waals surface area (Å²) in [4.78, 5) is 94.9. The van der Waals surface area contributed by atoms with Gasteiger partial charge in [0.05, 0.1) is 6.54 Å². The molecular formula is C49H56ClN5O12. The van der Waals surface area contributed by atoms with Crippen LogP contribution in [0.5, 0.6) is 11.5 Å². The molecule has 0 saturated heterocycles. The van der Waals surface area contributed by atoms with E-state index in [1.807, 2.05) is 12.1 Å². The van der Waals surface area contributed by atoms with E-state index in [4.69, 9.17) is 25.8 Å². The molecule has 1 heterocycles. The van der Waals surface area contributed by atoms with Crippen molar-refractivity contribution in [1.82, 2.24) is 26.2 Å². The van der Waals surface area contributed by atoms with Crippen molar-refractivity contribution in [3.05, 3.63) is 107 Å². The Morgan fingerprint density at radius 2 is 1.48 bits per heavy atom. The standard InChI is InChI=1S/C49H56ClN5O12/c1-48(2,3)66-46(63)51-23-9-8-10-36(54-42(58)31-14-12-29(13-15-31)30-16-19-33(50)20-17-30)44(60)55(7)41-32-18-22-39(65-47(64)67-49(4,5)6)35(26-32)34-24-28(11-21-38(34)56)25-37(45(61)62)53-40(57)27-52-43(41)59/h11-22,24,26,36-37,41,56H,8-10,23,25,27H2,1-7H3,(H,51,63)(H,52,59)(H,53,57)(H,54,58)(H,61,62). The number of amides is 5. The second-order valence-corrected chi connectivity index (χ2v) is 18.4. The Balaban J connectivity index is 1.53. The maximum atomic E-state index is 14.8. The highest BCUT2D eigenvalue weighted by Crippen LogP contribution is 2.40. The van der Waals surface area contributed by atoms with E-state index in [1.165, 1.54) is 43.4 Å². The van der Waals surface area contributed by atoms with E-state index in [0.717, 1.165) is 16.0 Å². The molecule has 6 N–H and O–H groups in total. The van der Waals surface area contributed by atoms with Crippen LogP contribution in [0.15, 0.2) is 84.9 Å². The molecule has 0 radical (unpaired) electrons. The van der Waals surface area contributed by atoms with Crippen LogP contribution in [0, 0.1) is 0 Å². The lowest BCUT2D eigenvalue weighted by atomic mass is 9.93. The van der Waals surface area contributed by atoms with Gasteiger partial charge in [0, 0.05) is 41.7 Å². The summed E-state index contributed by atoms with van der Waals surface area (Å²) in [7, 11) is 1.34. The molecule has 356 valence electrons. The number of nitrogens with zero attached hydrogens (tertiary/aromatic N) is 1. The summed E-state index contributed by atoms with van der Waals surface area (Å²) in [6.45, 7) is 9.63. The van der Waals surface area contributed by atoms with Crippen LogP contribution in [-0.2, 0) is 35.1 Å². The predicted octanol–water partition coefficient (Wildman–Crippen LogP) is 6.93. The molecule has 0 saturated carbocycles. The van der Waals surface area contributed by atoms with Crippen molar-refractivity contribution in [1.29, 1.82) is 0 Å². The number of carboxylic acid groups (broad SMARTS) is 1. The number of halogens is 1. The van der Waals surface area contributed by atoms with Crippen molar-refractivity contribution in [3.63, 3.8) is 0 Å². The van der Waals surface area contributed by atoms with Crippen molar-refractivity contribution in [3.8, 4) is 33.8 Å². The largest absolute Gasteiger partial charge is 0.514 e. The molecule has 0 aromatic heterocycles. The number of hydrogen-bond donors (Lipinski definition) is 6. The summed E-state index contributed by atoms with van der Waals surface area (Å²) in [5, 5.41) is 32.2. The summed E-state index contributed by atoms with van der Waals surface area (Å²) in [6.07, 6.45) is -1.19. The highest BCUT2D eigenvalue weighted by atomic mass is 35.5. The van der Waals surface area contributed by atoms with Crippen molar-refractivity contribution >= 4 is 53.4 Å². The summed E-state index contributed by atoms with van der Waals surface area (Å²) < 4.78 is 16.3. The molecule has 3 atom stereocenters. The van der Waals surface area contributed by atoms with Crippen LogP contribution in [0.1, 0.15) is 88.3 Å². The zero-order valence-corrected chi connectivity index (χ0v) is 39.1. The van der Waals surface area contributed by atoms with Gasteiger partial charge < -0.3 is 50.6 Å². The predicted molar refractivity (Wildman–Crippen MR) is 248 cm³/mol. The van der Waals surface area contributed by atoms with E-state index < -0.39 is 77.7 Å². The monoisotopic (exact) mass is 941 g/mol. The minimum Gasteiger partial charge on any atom is -0.507 e. The zero-order chi connectivity index (χ0) is 49.2. The number of nitrogens with one attached hydrogen (secondary N) is 4. The van der Waals surface area contributed by atoms with Gasteiger partial charge >= 0.3 is 18.2 Å². The van der Waals surface area contributed by atoms with Gasteiger partial charge in [0.25, 0.3) is 5.91 Å². The van der Waals surface area contributed by atoms with Crippen LogP contribution < -0.4 is 26.0 Å². The fraction of sp³-hybridized carbons (Fsp3) is 0.367. The number of hydrogen-bond acceptors (Lipinski definition) is 11. The van der Waals surface area contributed by atoms with Crippen LogP contribution in [0.4, 0.5) is 9.59 Å². The van der Waals surface area contributed by atoms with E-state index in [0.29, 0.717) is 23.4 Å². The number of benzene rings is 4. The zero-order valence-electron chi connectivity index (χ0n) is 38.4. The lowest BCUT2D eigenvalue weighted by molar-refractivity contribution is -0.142. The molecular weight excluding hydrogens is 886 g/mol. The minimum atomic E-state index is -1.54. The van der Waals surface area contributed by atoms with Crippen LogP contribution in [0.25, 0.3) is 22.3 Å². The molecule has 1 aliphatic heterocycles. The van der Waals surface area contributed by atoms with Gasteiger partial charge in [-0.1, -0.05) is 48.0 Å². The first-order valence-corrected chi connectivity index (χ1v) is 21.9. The molecule has 0 spiro atoms. The number of rotatable bonds is 12. The van der Waals surface area contributed by atoms with Crippen LogP contribution in [0.3, 0.4) is 0 Å². The van der Waals surface area contributed by atoms with Crippen molar-refractivity contribution in [2.24, 2.45) is 0 Å². The number of carbonyl (C=O) groups is 7. The van der Waals surface area contributed by atoms with Gasteiger partial charge in [-0.25, -0.2) is 14.4 Å². The number of fused-ring (bicyclic) bond motifs is 5. The Bertz CT molecular complexity index is 2480. The minimum absolute atomic E-state index is 0.0513. The first-order chi connectivity index (χ1) is 31.5. The fourth-order valence-corrected chi connectivity index (χ4v) is 7.23. The number of unbranched alkanes of at least 4 members (excludes halogenated alkanes) is 1. The number of aliphatic carboxylic acids is 1. The highest BCUT2D eigenvalue weighted by molar-refractivity contribution is 6.30. The Kier molecular flexibility index (Phi) is 16.6. The second kappa shape index (κ2) is 21.9. The summed E-state index contributed by atoms with van der Waals surface area (Å²) in [5.41, 5.74) is 0.880. The summed E-state index contributed by atoms with van der Waals surface area (Å²) in [5.74, 6) is -4.81. The highest BCUT2D eigenvalue weighted by Gasteiger charge is 2.35. The number of aromatic hydroxyl groups is 1. The average molecular weight is 942 g/mol. The first-order valence-electron chi connectivity index (χ1n) is 21.6. The van der Waals surface area contributed by atoms with E-state index in [9.17, 15) is 43.8 Å². The molecule has 3 unspecified atom stereocenters. The van der Waals surface area contributed by atoms with Crippen molar-refractivity contribution in [2.75, 3.05) is 20.1 Å². The van der Waals surface area contributed by atoms with Gasteiger partial charge in [-0.05, 0) is 132 Å². The Hall–Kier alpha value is -7.14. The SMILES string of the molecule is CN(C(=O)C(CCCCNC(=O)OC(C)(C)C)NC(=O)c1ccc(-c2ccc(Cl)cc2)cc1)C1C(=O)NCC(=O)NC(C(=O)O)Cc2ccc(O)c(c2)-c2cc1ccc2OC(=O)OC(C)(C)C. The lowest BCUT2D eigenvalue weighted by Gasteiger charge is -2.32. The normalized spacial score (nSPS) is 15.6. The maximum absolute atomic E-state index is 14.8. The summed E-state index contributed by atoms with van der Waals surface area (Å²) in [6, 6.07) is 18.1. The molecule has 5 amide bonds. The molecule has 17 nitrogen and oxygen atoms in total. The molecule has 5 rings (SSSR count). The number of carbonyl (C=O) groups excluding carboxylic acids is 6. The first kappa shape index (κ1) is 50.9. The fourth-order valence-electron chi connectivity index (χ4n) is 7.11. The third kappa shape index (κ3) is 14.7. The molecule has 0 aliphatic carbocycles. The van der Waals surface area contributed by atoms with Gasteiger partial charge in [-0.15, -0.1) is 0 Å². The number of ether oxygens (including phenoxy) is 3. The van der Waals surface area contributed by atoms with Gasteiger partial charge in [0.2, 0.25) is 17.7 Å². The number of phenols is 1. The van der Waals surface area contributed by atoms with Crippen molar-refractivity contribution in [2.45, 2.75) is 96.6 Å². The lowest BCUT2D eigenvalue weighted by Crippen LogP contribution is -2.52. The Morgan fingerprint density at radius 3 is 2.10 bits per heavy atom. The third-order valence-electron chi connectivity index (χ3n) is 10.2. The van der Waals surface area contributed by atoms with Gasteiger partial charge in [-0.2, -0.15) is 0 Å². The Morgan fingerprint density at radius 1 is 0.836 bits per heavy atom. The summed E-state index contributed by atoms with van der Waals surface area (Å²) >= 11 is 6.06. The van der Waals surface area contributed by atoms with E-state index in [1.54, 1.807) is 77.9 Å². The van der Waals surface area contributed by atoms with Crippen molar-refractivity contribution < 1.29 is 58.0 Å². The van der Waals surface area contributed by atoms with E-state index >= 15 is 0 Å². The third-order valence-corrected chi connectivity index (χ3v) is 10.5. The van der Waals surface area contributed by atoms with Crippen LogP contribution in [0.2, 0.25) is 5.02 Å². The maximum Gasteiger partial charge on any atom is 0.514 e. The molecule has 67 heavy (non-hydrogen) atoms. The number of alkyl carbamates (subject to hydrolysis) is 1. The van der Waals surface area contributed by atoms with Gasteiger partial charge in [0.1, 0.15) is 40.8 Å². The molecule has 0 fully saturated rings. The number of phenolic OH excluding ortho intramolecular Hbond substituents is 1. The van der Waals surface area contributed by atoms with Crippen LogP contribution in [-0.4, -0.2) is 100 Å². The molecule has 4 aromatic carbocycles. The van der Waals surface area contributed by atoms with Gasteiger partial charge in [-0.3, -0.25) is 19.2 Å². The molecule has 18 heteroatoms. The molecule has 1 aliphatic rings. The van der Waals surface area contributed by atoms with E-state index in [-0.39, 0.29) is 53.1 Å². The average Bonchev–Trinajstić information content (AvgIpc) is 3.24. The quantitative estimate of drug-likeness (QED) is 0.0482. The Labute approximate surface area is 393 Å². The second-order valence-electron chi connectivity index (χ2n) is 17.9. The smallest absolute Gasteiger partial charge is 0.507 e. The number of likely N-dealkylation sites (N-methyl/N-ethyl adjacent to an activating group) is 1. The topological polar surface area (TPSA) is 239 Å². The van der Waals surface area contributed by atoms with E-state index in [2.05, 4.69) is 21.3 Å². The molecule has 4 aromatic rings. The number of carboxylic acids is 1. The van der Waals surface area contributed by atoms with Crippen LogP contribution >= 0.6 is 11.6 Å². The van der Waals surface area contributed by atoms with Gasteiger partial charge in [0.15, 0.2) is 0 Å².